The van der Waals surface area contributed by atoms with Crippen molar-refractivity contribution < 1.29 is 18.7 Å². The van der Waals surface area contributed by atoms with Crippen LogP contribution in [-0.4, -0.2) is 102 Å². The molecule has 1 amide bonds. The monoisotopic (exact) mass is 509 g/mol. The van der Waals surface area contributed by atoms with Gasteiger partial charge in [-0.25, -0.2) is 19.0 Å². The molecule has 3 fully saturated rings. The topological polar surface area (TPSA) is 97.6 Å². The maximum Gasteiger partial charge on any atom is 0.250 e. The summed E-state index contributed by atoms with van der Waals surface area (Å²) < 4.78 is 28.1. The Labute approximate surface area is 214 Å². The van der Waals surface area contributed by atoms with Crippen LogP contribution in [0.15, 0.2) is 30.7 Å². The Balaban J connectivity index is 1.28. The molecule has 3 saturated heterocycles. The third kappa shape index (κ3) is 4.55. The summed E-state index contributed by atoms with van der Waals surface area (Å²) in [5.41, 5.74) is 3.00. The number of carbonyl (C=O) groups is 1. The highest BCUT2D eigenvalue weighted by molar-refractivity contribution is 5.82. The normalized spacial score (nSPS) is 25.3. The van der Waals surface area contributed by atoms with Crippen LogP contribution < -0.4 is 10.2 Å². The number of benzene rings is 1. The third-order valence-electron chi connectivity index (χ3n) is 7.85. The van der Waals surface area contributed by atoms with E-state index in [-0.39, 0.29) is 11.8 Å². The summed E-state index contributed by atoms with van der Waals surface area (Å²) in [7, 11) is 1.60. The van der Waals surface area contributed by atoms with Crippen molar-refractivity contribution in [1.29, 1.82) is 0 Å². The maximum absolute atomic E-state index is 15.4. The number of likely N-dealkylation sites (N-methyl/N-ethyl adjacent to an activating group) is 1. The second kappa shape index (κ2) is 9.96. The number of piperidine rings is 1. The predicted molar refractivity (Wildman–Crippen MR) is 136 cm³/mol. The first-order chi connectivity index (χ1) is 18.0. The summed E-state index contributed by atoms with van der Waals surface area (Å²) in [6.45, 7) is 6.25. The van der Waals surface area contributed by atoms with E-state index in [1.807, 2.05) is 17.2 Å². The number of carbonyl (C=O) groups excluding carboxylic acids is 1. The predicted octanol–water partition coefficient (Wildman–Crippen LogP) is 1.60. The van der Waals surface area contributed by atoms with Crippen LogP contribution in [0.1, 0.15) is 23.5 Å². The van der Waals surface area contributed by atoms with E-state index in [1.54, 1.807) is 11.7 Å². The first-order valence-electron chi connectivity index (χ1n) is 12.9. The van der Waals surface area contributed by atoms with Gasteiger partial charge in [-0.1, -0.05) is 0 Å². The van der Waals surface area contributed by atoms with Crippen molar-refractivity contribution in [2.24, 2.45) is 0 Å². The molecule has 1 aromatic carbocycles. The first-order valence-corrected chi connectivity index (χ1v) is 12.9. The molecule has 196 valence electrons. The van der Waals surface area contributed by atoms with Crippen LogP contribution in [0.25, 0.3) is 16.7 Å². The fourth-order valence-corrected chi connectivity index (χ4v) is 5.63. The second-order valence-corrected chi connectivity index (χ2v) is 10.1. The highest BCUT2D eigenvalue weighted by Gasteiger charge is 2.36. The van der Waals surface area contributed by atoms with Gasteiger partial charge in [-0.3, -0.25) is 9.69 Å². The average Bonchev–Trinajstić information content (AvgIpc) is 3.30. The number of amides is 1. The number of hydrogen-bond acceptors (Lipinski definition) is 8. The Kier molecular flexibility index (Phi) is 6.51. The Bertz CT molecular complexity index is 1300. The van der Waals surface area contributed by atoms with E-state index in [1.165, 1.54) is 6.33 Å². The van der Waals surface area contributed by atoms with Gasteiger partial charge in [0.1, 0.15) is 18.3 Å². The van der Waals surface area contributed by atoms with Gasteiger partial charge in [0.25, 0.3) is 5.91 Å². The molecule has 3 aromatic rings. The average molecular weight is 510 g/mol. The lowest BCUT2D eigenvalue weighted by molar-refractivity contribution is -0.132. The molecule has 37 heavy (non-hydrogen) atoms. The maximum atomic E-state index is 15.4. The number of nitrogens with zero attached hydrogens (tertiary/aromatic N) is 6. The van der Waals surface area contributed by atoms with Gasteiger partial charge in [0.15, 0.2) is 11.9 Å². The number of hydrogen-bond donors (Lipinski definition) is 1. The molecule has 0 spiro atoms. The summed E-state index contributed by atoms with van der Waals surface area (Å²) in [4.78, 5) is 25.3. The van der Waals surface area contributed by atoms with E-state index in [9.17, 15) is 4.79 Å². The highest BCUT2D eigenvalue weighted by atomic mass is 19.1. The van der Waals surface area contributed by atoms with Crippen molar-refractivity contribution in [3.05, 3.63) is 41.9 Å². The van der Waals surface area contributed by atoms with Gasteiger partial charge < -0.3 is 19.7 Å². The van der Waals surface area contributed by atoms with E-state index >= 15 is 4.39 Å². The molecule has 3 aliphatic rings. The van der Waals surface area contributed by atoms with Crippen LogP contribution in [0.3, 0.4) is 0 Å². The molecule has 6 rings (SSSR count). The van der Waals surface area contributed by atoms with E-state index in [2.05, 4.69) is 44.3 Å². The minimum absolute atomic E-state index is 0.152. The molecule has 0 aliphatic carbocycles. The molecular formula is C26H32FN7O3. The molecule has 0 bridgehead atoms. The molecule has 2 aromatic heterocycles. The van der Waals surface area contributed by atoms with Crippen molar-refractivity contribution in [2.75, 3.05) is 57.9 Å². The van der Waals surface area contributed by atoms with Gasteiger partial charge in [-0.05, 0) is 43.1 Å². The smallest absolute Gasteiger partial charge is 0.250 e. The number of likely N-dealkylation sites (tertiary alicyclic amines) is 1. The van der Waals surface area contributed by atoms with Crippen LogP contribution in [0.5, 0.6) is 0 Å². The largest absolute Gasteiger partial charge is 0.378 e. The zero-order valence-electron chi connectivity index (χ0n) is 21.1. The Hall–Kier alpha value is -3.15. The van der Waals surface area contributed by atoms with E-state index in [0.29, 0.717) is 57.1 Å². The van der Waals surface area contributed by atoms with Crippen LogP contribution in [0.2, 0.25) is 0 Å². The molecule has 5 heterocycles. The summed E-state index contributed by atoms with van der Waals surface area (Å²) in [5, 5.41) is 8.23. The van der Waals surface area contributed by atoms with Crippen molar-refractivity contribution in [2.45, 2.75) is 37.6 Å². The minimum Gasteiger partial charge on any atom is -0.378 e. The van der Waals surface area contributed by atoms with Crippen LogP contribution in [0, 0.1) is 6.92 Å². The van der Waals surface area contributed by atoms with Crippen molar-refractivity contribution in [3.63, 3.8) is 0 Å². The summed E-state index contributed by atoms with van der Waals surface area (Å²) in [6.07, 6.45) is 2.62. The SMILES string of the molecule is CNC(=O)[C@H]1CN(c2cc(-n3ncc4cc(C)c([C@H]5CCN(C6COC6)C[C@H]5F)cc43)ncn2)CCO1. The number of halogens is 1. The number of aryl methyl sites for hydroxylation is 1. The lowest BCUT2D eigenvalue weighted by Crippen LogP contribution is -2.54. The standard InChI is InChI=1S/C26H32FN7O3/c1-16-7-17-10-31-34(22(17)8-20(16)19-3-4-32(11-21(19)27)18-13-36-14-18)25-9-24(29-15-30-25)33-5-6-37-23(12-33)26(35)28-2/h7-10,15,18-19,21,23H,3-6,11-14H2,1-2H3,(H,28,35)/t19-,21-,23-/m1/s1. The summed E-state index contributed by atoms with van der Waals surface area (Å²) >= 11 is 0. The zero-order chi connectivity index (χ0) is 25.5. The fourth-order valence-electron chi connectivity index (χ4n) is 5.63. The number of ether oxygens (including phenoxy) is 2. The van der Waals surface area contributed by atoms with Crippen molar-refractivity contribution >= 4 is 22.6 Å². The molecule has 0 saturated carbocycles. The lowest BCUT2D eigenvalue weighted by atomic mass is 9.84. The molecule has 1 N–H and O–H groups in total. The van der Waals surface area contributed by atoms with E-state index < -0.39 is 12.3 Å². The fraction of sp³-hybridized carbons (Fsp3) is 0.538. The Morgan fingerprint density at radius 1 is 1.14 bits per heavy atom. The molecule has 3 atom stereocenters. The molecule has 0 unspecified atom stereocenters. The van der Waals surface area contributed by atoms with Gasteiger partial charge in [0.05, 0.1) is 44.1 Å². The van der Waals surface area contributed by atoms with Crippen LogP contribution >= 0.6 is 0 Å². The van der Waals surface area contributed by atoms with Crippen LogP contribution in [0.4, 0.5) is 10.2 Å². The highest BCUT2D eigenvalue weighted by Crippen LogP contribution is 2.36. The molecule has 3 aliphatic heterocycles. The number of aromatic nitrogens is 4. The molecule has 10 nitrogen and oxygen atoms in total. The molecule has 0 radical (unpaired) electrons. The summed E-state index contributed by atoms with van der Waals surface area (Å²) in [5.74, 6) is 1.02. The zero-order valence-corrected chi connectivity index (χ0v) is 21.1. The van der Waals surface area contributed by atoms with Gasteiger partial charge in [0.2, 0.25) is 0 Å². The lowest BCUT2D eigenvalue weighted by Gasteiger charge is -2.43. The van der Waals surface area contributed by atoms with Gasteiger partial charge >= 0.3 is 0 Å². The number of rotatable bonds is 5. The van der Waals surface area contributed by atoms with Gasteiger partial charge in [-0.15, -0.1) is 0 Å². The molecule has 11 heteroatoms. The number of nitrogens with one attached hydrogen (secondary N) is 1. The third-order valence-corrected chi connectivity index (χ3v) is 7.85. The quantitative estimate of drug-likeness (QED) is 0.554. The van der Waals surface area contributed by atoms with Crippen molar-refractivity contribution in [1.82, 2.24) is 30.0 Å². The first kappa shape index (κ1) is 24.2. The second-order valence-electron chi connectivity index (χ2n) is 10.1. The Morgan fingerprint density at radius 2 is 1.97 bits per heavy atom. The number of fused-ring (bicyclic) bond motifs is 1. The summed E-state index contributed by atoms with van der Waals surface area (Å²) in [6, 6.07) is 6.39. The number of alkyl halides is 1. The number of morpholine rings is 1. The Morgan fingerprint density at radius 3 is 2.73 bits per heavy atom. The molecular weight excluding hydrogens is 477 g/mol. The van der Waals surface area contributed by atoms with E-state index in [0.717, 1.165) is 35.0 Å². The van der Waals surface area contributed by atoms with E-state index in [4.69, 9.17) is 9.47 Å². The van der Waals surface area contributed by atoms with Crippen molar-refractivity contribution in [3.8, 4) is 5.82 Å². The van der Waals surface area contributed by atoms with Gasteiger partial charge in [0, 0.05) is 37.5 Å². The van der Waals surface area contributed by atoms with Crippen LogP contribution in [-0.2, 0) is 14.3 Å². The minimum atomic E-state index is -0.929. The number of anilines is 1. The van der Waals surface area contributed by atoms with Gasteiger partial charge in [-0.2, -0.15) is 5.10 Å².